The van der Waals surface area contributed by atoms with Crippen molar-refractivity contribution in [3.8, 4) is 11.1 Å². The van der Waals surface area contributed by atoms with Gasteiger partial charge in [0.15, 0.2) is 0 Å². The van der Waals surface area contributed by atoms with E-state index in [4.69, 9.17) is 38.2 Å². The number of aromatic carboxylic acids is 1. The van der Waals surface area contributed by atoms with E-state index in [0.29, 0.717) is 40.8 Å². The molecule has 1 heterocycles. The zero-order valence-electron chi connectivity index (χ0n) is 24.7. The monoisotopic (exact) mass is 637 g/mol. The summed E-state index contributed by atoms with van der Waals surface area (Å²) in [5, 5.41) is 17.4. The largest absolute Gasteiger partial charge is 0.478 e. The molecule has 2 amide bonds. The number of carbonyl (C=O) groups is 2. The number of amides is 2. The van der Waals surface area contributed by atoms with Gasteiger partial charge in [-0.05, 0) is 73.8 Å². The molecule has 10 heteroatoms. The highest BCUT2D eigenvalue weighted by atomic mass is 35.5. The first-order chi connectivity index (χ1) is 21.3. The Balaban J connectivity index is 0.000000182. The third kappa shape index (κ3) is 7.54. The zero-order chi connectivity index (χ0) is 31.2. The Kier molecular flexibility index (Phi) is 10.5. The molecule has 2 saturated carbocycles. The van der Waals surface area contributed by atoms with E-state index in [0.717, 1.165) is 52.4 Å². The van der Waals surface area contributed by atoms with E-state index in [1.54, 1.807) is 18.2 Å². The minimum absolute atomic E-state index is 0.168. The minimum Gasteiger partial charge on any atom is -0.478 e. The number of anilines is 1. The van der Waals surface area contributed by atoms with Crippen molar-refractivity contribution in [1.82, 2.24) is 5.16 Å². The molecule has 8 nitrogen and oxygen atoms in total. The van der Waals surface area contributed by atoms with E-state index in [2.05, 4.69) is 17.4 Å². The van der Waals surface area contributed by atoms with Crippen molar-refractivity contribution in [1.29, 1.82) is 0 Å². The molecule has 3 aliphatic rings. The molecule has 44 heavy (non-hydrogen) atoms. The number of nitrogens with zero attached hydrogens (tertiary/aromatic N) is 1. The summed E-state index contributed by atoms with van der Waals surface area (Å²) in [6.45, 7) is 2.80. The number of allylic oxidation sites excluding steroid dienone is 4. The van der Waals surface area contributed by atoms with Gasteiger partial charge in [0.05, 0.1) is 18.3 Å². The number of hydrogen-bond donors (Lipinski definition) is 3. The van der Waals surface area contributed by atoms with Gasteiger partial charge >= 0.3 is 12.0 Å². The molecule has 0 radical (unpaired) electrons. The van der Waals surface area contributed by atoms with Crippen LogP contribution in [0.15, 0.2) is 69.2 Å². The number of carbonyl (C=O) groups excluding carboxylic acids is 1. The number of ether oxygens (including phenoxy) is 1. The lowest BCUT2D eigenvalue weighted by Gasteiger charge is -2.19. The van der Waals surface area contributed by atoms with Gasteiger partial charge < -0.3 is 25.4 Å². The van der Waals surface area contributed by atoms with E-state index < -0.39 is 12.0 Å². The molecule has 2 unspecified atom stereocenters. The fraction of sp³-hybridized carbons (Fsp3) is 0.382. The van der Waals surface area contributed by atoms with Gasteiger partial charge in [0.1, 0.15) is 11.5 Å². The van der Waals surface area contributed by atoms with Gasteiger partial charge in [-0.2, -0.15) is 0 Å². The zero-order valence-corrected chi connectivity index (χ0v) is 26.2. The average Bonchev–Trinajstić information content (AvgIpc) is 3.61. The van der Waals surface area contributed by atoms with Crippen LogP contribution in [0.2, 0.25) is 0 Å². The number of carboxylic acids is 1. The summed E-state index contributed by atoms with van der Waals surface area (Å²) in [6.07, 6.45) is 11.3. The van der Waals surface area contributed by atoms with Gasteiger partial charge in [0, 0.05) is 32.8 Å². The maximum atomic E-state index is 11.2. The number of urea groups is 1. The summed E-state index contributed by atoms with van der Waals surface area (Å²) in [5.41, 5.74) is 9.64. The molecule has 0 aliphatic heterocycles. The second-order valence-corrected chi connectivity index (χ2v) is 12.3. The Hall–Kier alpha value is -3.59. The molecule has 2 aromatic carbocycles. The van der Waals surface area contributed by atoms with Crippen molar-refractivity contribution < 1.29 is 24.0 Å². The molecule has 4 N–H and O–H groups in total. The summed E-state index contributed by atoms with van der Waals surface area (Å²) in [7, 11) is 0. The van der Waals surface area contributed by atoms with Crippen LogP contribution < -0.4 is 11.1 Å². The summed E-state index contributed by atoms with van der Waals surface area (Å²) < 4.78 is 12.1. The van der Waals surface area contributed by atoms with E-state index in [1.165, 1.54) is 44.2 Å². The normalized spacial score (nSPS) is 19.7. The highest BCUT2D eigenvalue weighted by Crippen LogP contribution is 2.46. The summed E-state index contributed by atoms with van der Waals surface area (Å²) >= 11 is 13.0. The average molecular weight is 639 g/mol. The summed E-state index contributed by atoms with van der Waals surface area (Å²) in [6, 6.07) is 12.9. The van der Waals surface area contributed by atoms with E-state index in [1.807, 2.05) is 24.3 Å². The standard InChI is InChI=1S/C20H25Cl2NO2.C14H12N2O3/c1-2-12-5-3-8-17(12)24-11-14-19(23-25-20(14)13-9-10-13)18-15(21)6-4-7-16(18)22;15-14(19)16-10-6-7-11(13(17)18)12(8-10)9-4-2-1-3-5-9/h6,12-13,17H,2-5,7-11H2,1H3;1-8H,(H,17,18)(H3,15,16,19). The van der Waals surface area contributed by atoms with E-state index >= 15 is 0 Å². The maximum Gasteiger partial charge on any atom is 0.336 e. The van der Waals surface area contributed by atoms with Crippen LogP contribution in [0.1, 0.15) is 91.6 Å². The highest BCUT2D eigenvalue weighted by molar-refractivity contribution is 6.42. The van der Waals surface area contributed by atoms with Crippen molar-refractivity contribution in [3.63, 3.8) is 0 Å². The van der Waals surface area contributed by atoms with Crippen molar-refractivity contribution in [2.45, 2.75) is 76.9 Å². The molecule has 3 aliphatic carbocycles. The predicted octanol–water partition coefficient (Wildman–Crippen LogP) is 9.06. The van der Waals surface area contributed by atoms with Crippen LogP contribution in [0.4, 0.5) is 10.5 Å². The van der Waals surface area contributed by atoms with Crippen LogP contribution in [-0.2, 0) is 11.3 Å². The number of halogens is 2. The van der Waals surface area contributed by atoms with Crippen molar-refractivity contribution in [3.05, 3.63) is 87.3 Å². The quantitative estimate of drug-likeness (QED) is 0.215. The Morgan fingerprint density at radius 2 is 1.89 bits per heavy atom. The molecule has 2 atom stereocenters. The number of carboxylic acid groups (broad SMARTS) is 1. The number of primary amides is 1. The number of aromatic nitrogens is 1. The smallest absolute Gasteiger partial charge is 0.336 e. The first kappa shape index (κ1) is 31.8. The molecule has 3 aromatic rings. The SMILES string of the molecule is CCC1CCCC1OCc1c(C2=C(Cl)CCC=C2Cl)noc1C1CC1.NC(=O)Nc1ccc(C(=O)O)c(-c2ccccc2)c1. The third-order valence-electron chi connectivity index (χ3n) is 8.36. The van der Waals surface area contributed by atoms with Gasteiger partial charge in [0.2, 0.25) is 0 Å². The Bertz CT molecular complexity index is 1560. The molecular formula is C34H37Cl2N3O5. The van der Waals surface area contributed by atoms with Gasteiger partial charge in [-0.3, -0.25) is 0 Å². The number of benzene rings is 2. The van der Waals surface area contributed by atoms with E-state index in [9.17, 15) is 14.7 Å². The molecule has 2 fully saturated rings. The molecule has 232 valence electrons. The fourth-order valence-electron chi connectivity index (χ4n) is 5.93. The number of hydrogen-bond acceptors (Lipinski definition) is 5. The second kappa shape index (κ2) is 14.5. The molecule has 0 spiro atoms. The van der Waals surface area contributed by atoms with Crippen LogP contribution in [0.25, 0.3) is 16.7 Å². The van der Waals surface area contributed by atoms with Crippen molar-refractivity contribution in [2.75, 3.05) is 5.32 Å². The Labute approximate surface area is 267 Å². The lowest BCUT2D eigenvalue weighted by Crippen LogP contribution is -2.19. The Morgan fingerprint density at radius 3 is 2.55 bits per heavy atom. The number of nitrogens with one attached hydrogen (secondary N) is 1. The first-order valence-electron chi connectivity index (χ1n) is 15.1. The third-order valence-corrected chi connectivity index (χ3v) is 9.08. The topological polar surface area (TPSA) is 128 Å². The van der Waals surface area contributed by atoms with Crippen LogP contribution in [0.5, 0.6) is 0 Å². The van der Waals surface area contributed by atoms with Crippen LogP contribution >= 0.6 is 23.2 Å². The van der Waals surface area contributed by atoms with E-state index in [-0.39, 0.29) is 5.56 Å². The van der Waals surface area contributed by atoms with Crippen molar-refractivity contribution >= 4 is 46.5 Å². The van der Waals surface area contributed by atoms with Crippen LogP contribution in [-0.4, -0.2) is 28.4 Å². The highest BCUT2D eigenvalue weighted by Gasteiger charge is 2.35. The number of rotatable bonds is 9. The molecule has 0 saturated heterocycles. The van der Waals surface area contributed by atoms with Crippen LogP contribution in [0, 0.1) is 5.92 Å². The van der Waals surface area contributed by atoms with Crippen LogP contribution in [0.3, 0.4) is 0 Å². The lowest BCUT2D eigenvalue weighted by molar-refractivity contribution is 0.0143. The van der Waals surface area contributed by atoms with Gasteiger partial charge in [-0.15, -0.1) is 0 Å². The molecule has 6 rings (SSSR count). The second-order valence-electron chi connectivity index (χ2n) is 11.4. The molecule has 1 aromatic heterocycles. The summed E-state index contributed by atoms with van der Waals surface area (Å²) in [4.78, 5) is 22.0. The van der Waals surface area contributed by atoms with Gasteiger partial charge in [0.25, 0.3) is 0 Å². The van der Waals surface area contributed by atoms with Gasteiger partial charge in [-0.25, -0.2) is 9.59 Å². The fourth-order valence-corrected chi connectivity index (χ4v) is 6.60. The lowest BCUT2D eigenvalue weighted by atomic mass is 9.99. The predicted molar refractivity (Wildman–Crippen MR) is 173 cm³/mol. The van der Waals surface area contributed by atoms with Gasteiger partial charge in [-0.1, -0.05) is 84.5 Å². The minimum atomic E-state index is -1.02. The molecule has 0 bridgehead atoms. The molecular weight excluding hydrogens is 601 g/mol. The van der Waals surface area contributed by atoms with Crippen molar-refractivity contribution in [2.24, 2.45) is 11.7 Å². The number of nitrogens with two attached hydrogens (primary N) is 1. The Morgan fingerprint density at radius 1 is 1.11 bits per heavy atom. The first-order valence-corrected chi connectivity index (χ1v) is 15.9. The maximum absolute atomic E-state index is 11.2. The summed E-state index contributed by atoms with van der Waals surface area (Å²) in [5.74, 6) is 1.11.